The number of aryl methyl sites for hydroxylation is 1. The molecule has 0 spiro atoms. The molecule has 0 aliphatic rings. The van der Waals surface area contributed by atoms with E-state index in [9.17, 15) is 14.4 Å². The van der Waals surface area contributed by atoms with Crippen molar-refractivity contribution in [3.05, 3.63) is 77.9 Å². The van der Waals surface area contributed by atoms with Gasteiger partial charge in [0.1, 0.15) is 17.7 Å². The maximum absolute atomic E-state index is 13.5. The van der Waals surface area contributed by atoms with Crippen molar-refractivity contribution in [1.82, 2.24) is 10.2 Å². The number of ether oxygens (including phenoxy) is 1. The first-order chi connectivity index (χ1) is 16.4. The minimum absolute atomic E-state index is 0.355. The van der Waals surface area contributed by atoms with Gasteiger partial charge in [0.15, 0.2) is 0 Å². The van der Waals surface area contributed by atoms with Gasteiger partial charge < -0.3 is 20.3 Å². The molecule has 3 aromatic carbocycles. The summed E-state index contributed by atoms with van der Waals surface area (Å²) in [6.07, 6.45) is -0.695. The van der Waals surface area contributed by atoms with Gasteiger partial charge in [0.2, 0.25) is 5.91 Å². The van der Waals surface area contributed by atoms with Crippen LogP contribution in [0, 0.1) is 6.92 Å². The standard InChI is InChI=1S/C28H33N3O4/c1-18-10-9-13-22(16-18)24(31(6)26(33)19(2)29-27(34)35-28(3,4)5)25(32)30-23-15-14-20-11-7-8-12-21(20)17-23/h7-17,19,24H,1-6H3,(H,29,34)(H,30,32). The largest absolute Gasteiger partial charge is 0.444 e. The first kappa shape index (κ1) is 25.7. The van der Waals surface area contributed by atoms with Crippen molar-refractivity contribution >= 4 is 34.4 Å². The third kappa shape index (κ3) is 6.82. The molecule has 0 fully saturated rings. The number of anilines is 1. The third-order valence-corrected chi connectivity index (χ3v) is 5.46. The second-order valence-corrected chi connectivity index (χ2v) is 9.68. The average molecular weight is 476 g/mol. The SMILES string of the molecule is Cc1cccc(C(C(=O)Nc2ccc3ccccc3c2)N(C)C(=O)C(C)NC(=O)OC(C)(C)C)c1. The number of nitrogens with one attached hydrogen (secondary N) is 2. The maximum atomic E-state index is 13.5. The van der Waals surface area contributed by atoms with E-state index in [1.165, 1.54) is 4.90 Å². The summed E-state index contributed by atoms with van der Waals surface area (Å²) in [6, 6.07) is 19.2. The van der Waals surface area contributed by atoms with Gasteiger partial charge in [-0.3, -0.25) is 9.59 Å². The Bertz CT molecular complexity index is 1230. The monoisotopic (exact) mass is 475 g/mol. The summed E-state index contributed by atoms with van der Waals surface area (Å²) in [6.45, 7) is 8.73. The molecular formula is C28H33N3O4. The zero-order valence-corrected chi connectivity index (χ0v) is 21.1. The summed E-state index contributed by atoms with van der Waals surface area (Å²) in [4.78, 5) is 40.3. The molecule has 0 radical (unpaired) electrons. The minimum Gasteiger partial charge on any atom is -0.444 e. The molecule has 0 saturated carbocycles. The van der Waals surface area contributed by atoms with Crippen LogP contribution < -0.4 is 10.6 Å². The molecule has 184 valence electrons. The number of fused-ring (bicyclic) bond motifs is 1. The highest BCUT2D eigenvalue weighted by Gasteiger charge is 2.32. The van der Waals surface area contributed by atoms with Gasteiger partial charge in [-0.25, -0.2) is 4.79 Å². The molecule has 0 aromatic heterocycles. The van der Waals surface area contributed by atoms with Crippen LogP contribution in [0.4, 0.5) is 10.5 Å². The van der Waals surface area contributed by atoms with E-state index in [1.807, 2.05) is 73.7 Å². The van der Waals surface area contributed by atoms with E-state index in [-0.39, 0.29) is 5.91 Å². The predicted octanol–water partition coefficient (Wildman–Crippen LogP) is 5.20. The Morgan fingerprint density at radius 2 is 1.60 bits per heavy atom. The molecule has 0 bridgehead atoms. The van der Waals surface area contributed by atoms with Crippen LogP contribution in [0.2, 0.25) is 0 Å². The average Bonchev–Trinajstić information content (AvgIpc) is 2.77. The van der Waals surface area contributed by atoms with Crippen LogP contribution in [0.3, 0.4) is 0 Å². The summed E-state index contributed by atoms with van der Waals surface area (Å²) < 4.78 is 5.26. The summed E-state index contributed by atoms with van der Waals surface area (Å²) in [5, 5.41) is 7.58. The molecule has 0 heterocycles. The Labute approximate surface area is 206 Å². The second-order valence-electron chi connectivity index (χ2n) is 9.68. The molecular weight excluding hydrogens is 442 g/mol. The lowest BCUT2D eigenvalue weighted by molar-refractivity contribution is -0.138. The Kier molecular flexibility index (Phi) is 7.79. The summed E-state index contributed by atoms with van der Waals surface area (Å²) in [5.74, 6) is -0.776. The second kappa shape index (κ2) is 10.6. The number of nitrogens with zero attached hydrogens (tertiary/aromatic N) is 1. The molecule has 3 rings (SSSR count). The number of rotatable bonds is 6. The number of likely N-dealkylation sites (N-methyl/N-ethyl adjacent to an activating group) is 1. The molecule has 35 heavy (non-hydrogen) atoms. The Hall–Kier alpha value is -3.87. The summed E-state index contributed by atoms with van der Waals surface area (Å²) >= 11 is 0. The Balaban J connectivity index is 1.85. The molecule has 0 aliphatic carbocycles. The van der Waals surface area contributed by atoms with Crippen molar-refractivity contribution in [2.75, 3.05) is 12.4 Å². The number of hydrogen-bond donors (Lipinski definition) is 2. The number of carbonyl (C=O) groups is 3. The van der Waals surface area contributed by atoms with Gasteiger partial charge in [0, 0.05) is 12.7 Å². The molecule has 3 aromatic rings. The number of alkyl carbamates (subject to hydrolysis) is 1. The Morgan fingerprint density at radius 1 is 0.914 bits per heavy atom. The van der Waals surface area contributed by atoms with Crippen molar-refractivity contribution in [3.63, 3.8) is 0 Å². The van der Waals surface area contributed by atoms with Gasteiger partial charge in [-0.15, -0.1) is 0 Å². The fraction of sp³-hybridized carbons (Fsp3) is 0.321. The van der Waals surface area contributed by atoms with Gasteiger partial charge in [0.05, 0.1) is 0 Å². The molecule has 2 N–H and O–H groups in total. The molecule has 3 amide bonds. The minimum atomic E-state index is -0.906. The smallest absolute Gasteiger partial charge is 0.408 e. The lowest BCUT2D eigenvalue weighted by Crippen LogP contribution is -2.49. The van der Waals surface area contributed by atoms with Crippen LogP contribution in [0.1, 0.15) is 44.9 Å². The molecule has 0 aliphatic heterocycles. The quantitative estimate of drug-likeness (QED) is 0.513. The normalized spacial score (nSPS) is 13.0. The lowest BCUT2D eigenvalue weighted by atomic mass is 10.0. The van der Waals surface area contributed by atoms with Crippen LogP contribution in [0.5, 0.6) is 0 Å². The molecule has 2 atom stereocenters. The van der Waals surface area contributed by atoms with E-state index in [1.54, 1.807) is 34.7 Å². The molecule has 0 saturated heterocycles. The van der Waals surface area contributed by atoms with E-state index in [4.69, 9.17) is 4.74 Å². The van der Waals surface area contributed by atoms with Crippen LogP contribution in [-0.2, 0) is 14.3 Å². The van der Waals surface area contributed by atoms with E-state index >= 15 is 0 Å². The van der Waals surface area contributed by atoms with Crippen LogP contribution in [-0.4, -0.2) is 41.5 Å². The van der Waals surface area contributed by atoms with E-state index in [0.29, 0.717) is 11.3 Å². The fourth-order valence-electron chi connectivity index (χ4n) is 3.85. The first-order valence-electron chi connectivity index (χ1n) is 11.6. The van der Waals surface area contributed by atoms with Gasteiger partial charge in [-0.2, -0.15) is 0 Å². The maximum Gasteiger partial charge on any atom is 0.408 e. The third-order valence-electron chi connectivity index (χ3n) is 5.46. The van der Waals surface area contributed by atoms with E-state index in [2.05, 4.69) is 10.6 Å². The lowest BCUT2D eigenvalue weighted by Gasteiger charge is -2.30. The van der Waals surface area contributed by atoms with Crippen molar-refractivity contribution < 1.29 is 19.1 Å². The predicted molar refractivity (Wildman–Crippen MR) is 138 cm³/mol. The van der Waals surface area contributed by atoms with Crippen molar-refractivity contribution in [2.45, 2.75) is 52.3 Å². The van der Waals surface area contributed by atoms with E-state index < -0.39 is 29.7 Å². The number of carbonyl (C=O) groups excluding carboxylic acids is 3. The molecule has 7 nitrogen and oxygen atoms in total. The highest BCUT2D eigenvalue weighted by atomic mass is 16.6. The van der Waals surface area contributed by atoms with Crippen LogP contribution >= 0.6 is 0 Å². The van der Waals surface area contributed by atoms with E-state index in [0.717, 1.165) is 16.3 Å². The van der Waals surface area contributed by atoms with Crippen molar-refractivity contribution in [3.8, 4) is 0 Å². The highest BCUT2D eigenvalue weighted by Crippen LogP contribution is 2.25. The fourth-order valence-corrected chi connectivity index (χ4v) is 3.85. The van der Waals surface area contributed by atoms with Gasteiger partial charge in [-0.1, -0.05) is 60.2 Å². The number of amides is 3. The zero-order valence-electron chi connectivity index (χ0n) is 21.1. The zero-order chi connectivity index (χ0) is 25.8. The Morgan fingerprint density at radius 3 is 2.26 bits per heavy atom. The summed E-state index contributed by atoms with van der Waals surface area (Å²) in [7, 11) is 1.56. The first-order valence-corrected chi connectivity index (χ1v) is 11.6. The topological polar surface area (TPSA) is 87.7 Å². The highest BCUT2D eigenvalue weighted by molar-refractivity contribution is 6.00. The molecule has 7 heteroatoms. The van der Waals surface area contributed by atoms with Crippen LogP contribution in [0.25, 0.3) is 10.8 Å². The van der Waals surface area contributed by atoms with Crippen molar-refractivity contribution in [1.29, 1.82) is 0 Å². The van der Waals surface area contributed by atoms with Gasteiger partial charge >= 0.3 is 6.09 Å². The number of benzene rings is 3. The molecule has 2 unspecified atom stereocenters. The van der Waals surface area contributed by atoms with Gasteiger partial charge in [-0.05, 0) is 63.1 Å². The van der Waals surface area contributed by atoms with Gasteiger partial charge in [0.25, 0.3) is 5.91 Å². The van der Waals surface area contributed by atoms with Crippen molar-refractivity contribution in [2.24, 2.45) is 0 Å². The number of hydrogen-bond acceptors (Lipinski definition) is 4. The summed E-state index contributed by atoms with van der Waals surface area (Å²) in [5.41, 5.74) is 1.57. The van der Waals surface area contributed by atoms with Crippen LogP contribution in [0.15, 0.2) is 66.7 Å².